The van der Waals surface area contributed by atoms with Crippen LogP contribution in [0, 0.1) is 19.3 Å². The van der Waals surface area contributed by atoms with Gasteiger partial charge in [0.15, 0.2) is 5.78 Å². The topological polar surface area (TPSA) is 87.2 Å². The second-order valence-electron chi connectivity index (χ2n) is 5.62. The predicted molar refractivity (Wildman–Crippen MR) is 81.5 cm³/mol. The van der Waals surface area contributed by atoms with E-state index < -0.39 is 6.04 Å². The first kappa shape index (κ1) is 15.2. The highest BCUT2D eigenvalue weighted by atomic mass is 16.2. The molecule has 0 aromatic heterocycles. The van der Waals surface area contributed by atoms with E-state index in [1.165, 1.54) is 0 Å². The van der Waals surface area contributed by atoms with Crippen LogP contribution in [-0.4, -0.2) is 35.0 Å². The Morgan fingerprint density at radius 3 is 2.67 bits per heavy atom. The van der Waals surface area contributed by atoms with Crippen LogP contribution in [0.15, 0.2) is 18.2 Å². The molecule has 1 aliphatic rings. The Balaban J connectivity index is 2.19. The zero-order valence-corrected chi connectivity index (χ0v) is 12.5. The average Bonchev–Trinajstić information content (AvgIpc) is 2.89. The number of carbonyl (C=O) groups excluding carboxylic acids is 2. The molecule has 0 bridgehead atoms. The summed E-state index contributed by atoms with van der Waals surface area (Å²) >= 11 is 0. The Labute approximate surface area is 124 Å². The summed E-state index contributed by atoms with van der Waals surface area (Å²) in [7, 11) is 0. The number of rotatable bonds is 4. The van der Waals surface area contributed by atoms with Crippen LogP contribution in [0.2, 0.25) is 0 Å². The van der Waals surface area contributed by atoms with Gasteiger partial charge in [0.2, 0.25) is 0 Å². The Hall–Kier alpha value is -2.17. The third kappa shape index (κ3) is 3.29. The third-order valence-corrected chi connectivity index (χ3v) is 4.00. The number of aryl methyl sites for hydroxylation is 2. The SMILES string of the molecule is Cc1ccc(C(=O)N2CCCC2C(=O)CC(=N)N)cc1C. The van der Waals surface area contributed by atoms with Crippen LogP contribution in [0.5, 0.6) is 0 Å². The molecule has 5 nitrogen and oxygen atoms in total. The molecule has 1 aliphatic heterocycles. The number of benzene rings is 1. The molecule has 1 amide bonds. The molecule has 0 saturated carbocycles. The van der Waals surface area contributed by atoms with E-state index in [4.69, 9.17) is 11.1 Å². The minimum atomic E-state index is -0.442. The highest BCUT2D eigenvalue weighted by Crippen LogP contribution is 2.22. The lowest BCUT2D eigenvalue weighted by Gasteiger charge is -2.24. The summed E-state index contributed by atoms with van der Waals surface area (Å²) in [5, 5.41) is 7.23. The summed E-state index contributed by atoms with van der Waals surface area (Å²) in [6.45, 7) is 4.55. The van der Waals surface area contributed by atoms with Gasteiger partial charge in [-0.25, -0.2) is 0 Å². The number of Topliss-reactive ketones (excluding diaryl/α,β-unsaturated/α-hetero) is 1. The molecule has 21 heavy (non-hydrogen) atoms. The molecule has 0 spiro atoms. The zero-order chi connectivity index (χ0) is 15.6. The van der Waals surface area contributed by atoms with Crippen LogP contribution in [-0.2, 0) is 4.79 Å². The van der Waals surface area contributed by atoms with Crippen LogP contribution in [0.1, 0.15) is 40.7 Å². The molecule has 3 N–H and O–H groups in total. The first-order chi connectivity index (χ1) is 9.90. The van der Waals surface area contributed by atoms with Crippen LogP contribution < -0.4 is 5.73 Å². The fourth-order valence-electron chi connectivity index (χ4n) is 2.69. The summed E-state index contributed by atoms with van der Waals surface area (Å²) < 4.78 is 0. The fraction of sp³-hybridized carbons (Fsp3) is 0.438. The number of nitrogens with one attached hydrogen (secondary N) is 1. The highest BCUT2D eigenvalue weighted by molar-refractivity contribution is 6.04. The number of amides is 1. The van der Waals surface area contributed by atoms with E-state index in [1.807, 2.05) is 26.0 Å². The molecule has 1 atom stereocenters. The van der Waals surface area contributed by atoms with E-state index in [1.54, 1.807) is 11.0 Å². The largest absolute Gasteiger partial charge is 0.387 e. The molecule has 1 aromatic carbocycles. The quantitative estimate of drug-likeness (QED) is 0.654. The normalized spacial score (nSPS) is 17.8. The molecule has 2 rings (SSSR count). The number of hydrogen-bond acceptors (Lipinski definition) is 3. The summed E-state index contributed by atoms with van der Waals surface area (Å²) in [5.41, 5.74) is 8.10. The maximum Gasteiger partial charge on any atom is 0.254 e. The summed E-state index contributed by atoms with van der Waals surface area (Å²) in [6.07, 6.45) is 1.38. The Morgan fingerprint density at radius 1 is 1.33 bits per heavy atom. The van der Waals surface area contributed by atoms with Crippen LogP contribution in [0.3, 0.4) is 0 Å². The van der Waals surface area contributed by atoms with Crippen molar-refractivity contribution in [3.63, 3.8) is 0 Å². The standard InChI is InChI=1S/C16H21N3O2/c1-10-5-6-12(8-11(10)2)16(21)19-7-3-4-13(19)14(20)9-15(17)18/h5-6,8,13H,3-4,7,9H2,1-2H3,(H3,17,18). The molecular weight excluding hydrogens is 266 g/mol. The van der Waals surface area contributed by atoms with Crippen molar-refractivity contribution in [3.8, 4) is 0 Å². The van der Waals surface area contributed by atoms with Crippen molar-refractivity contribution in [1.82, 2.24) is 4.90 Å². The van der Waals surface area contributed by atoms with Crippen molar-refractivity contribution in [1.29, 1.82) is 5.41 Å². The third-order valence-electron chi connectivity index (χ3n) is 4.00. The molecule has 0 radical (unpaired) electrons. The van der Waals surface area contributed by atoms with Gasteiger partial charge in [0, 0.05) is 12.1 Å². The number of nitrogens with zero attached hydrogens (tertiary/aromatic N) is 1. The van der Waals surface area contributed by atoms with Crippen molar-refractivity contribution in [3.05, 3.63) is 34.9 Å². The number of likely N-dealkylation sites (tertiary alicyclic amines) is 1. The maximum atomic E-state index is 12.6. The fourth-order valence-corrected chi connectivity index (χ4v) is 2.69. The number of ketones is 1. The predicted octanol–water partition coefficient (Wildman–Crippen LogP) is 1.80. The van der Waals surface area contributed by atoms with E-state index >= 15 is 0 Å². The number of hydrogen-bond donors (Lipinski definition) is 2. The van der Waals surface area contributed by atoms with Crippen LogP contribution >= 0.6 is 0 Å². The zero-order valence-electron chi connectivity index (χ0n) is 12.5. The molecular formula is C16H21N3O2. The Kier molecular flexibility index (Phi) is 4.40. The van der Waals surface area contributed by atoms with Gasteiger partial charge in [-0.1, -0.05) is 6.07 Å². The van der Waals surface area contributed by atoms with Gasteiger partial charge in [-0.05, 0) is 49.9 Å². The molecule has 1 fully saturated rings. The number of amidine groups is 1. The molecule has 0 aliphatic carbocycles. The maximum absolute atomic E-state index is 12.6. The van der Waals surface area contributed by atoms with E-state index in [-0.39, 0.29) is 23.9 Å². The average molecular weight is 287 g/mol. The lowest BCUT2D eigenvalue weighted by atomic mass is 10.0. The van der Waals surface area contributed by atoms with E-state index in [9.17, 15) is 9.59 Å². The summed E-state index contributed by atoms with van der Waals surface area (Å²) in [5.74, 6) is -0.403. The first-order valence-electron chi connectivity index (χ1n) is 7.14. The smallest absolute Gasteiger partial charge is 0.254 e. The van der Waals surface area contributed by atoms with Gasteiger partial charge in [0.25, 0.3) is 5.91 Å². The van der Waals surface area contributed by atoms with Gasteiger partial charge >= 0.3 is 0 Å². The second-order valence-corrected chi connectivity index (χ2v) is 5.62. The lowest BCUT2D eigenvalue weighted by molar-refractivity contribution is -0.121. The van der Waals surface area contributed by atoms with Crippen molar-refractivity contribution < 1.29 is 9.59 Å². The lowest BCUT2D eigenvalue weighted by Crippen LogP contribution is -2.41. The van der Waals surface area contributed by atoms with Gasteiger partial charge < -0.3 is 10.6 Å². The van der Waals surface area contributed by atoms with Crippen molar-refractivity contribution in [2.75, 3.05) is 6.54 Å². The monoisotopic (exact) mass is 287 g/mol. The number of nitrogens with two attached hydrogens (primary N) is 1. The molecule has 1 saturated heterocycles. The Bertz CT molecular complexity index is 595. The Morgan fingerprint density at radius 2 is 2.05 bits per heavy atom. The van der Waals surface area contributed by atoms with E-state index in [0.717, 1.165) is 17.5 Å². The van der Waals surface area contributed by atoms with Gasteiger partial charge in [0.05, 0.1) is 18.3 Å². The molecule has 1 heterocycles. The van der Waals surface area contributed by atoms with Gasteiger partial charge in [0.1, 0.15) is 0 Å². The van der Waals surface area contributed by atoms with Gasteiger partial charge in [-0.2, -0.15) is 0 Å². The highest BCUT2D eigenvalue weighted by Gasteiger charge is 2.34. The minimum Gasteiger partial charge on any atom is -0.387 e. The minimum absolute atomic E-state index is 0.0820. The van der Waals surface area contributed by atoms with Crippen molar-refractivity contribution >= 4 is 17.5 Å². The van der Waals surface area contributed by atoms with Gasteiger partial charge in [-0.15, -0.1) is 0 Å². The summed E-state index contributed by atoms with van der Waals surface area (Å²) in [4.78, 5) is 26.3. The van der Waals surface area contributed by atoms with E-state index in [0.29, 0.717) is 18.5 Å². The second kappa shape index (κ2) is 6.08. The van der Waals surface area contributed by atoms with Crippen molar-refractivity contribution in [2.45, 2.75) is 39.2 Å². The summed E-state index contributed by atoms with van der Waals surface area (Å²) in [6, 6.07) is 5.14. The molecule has 112 valence electrons. The molecule has 1 unspecified atom stereocenters. The first-order valence-corrected chi connectivity index (χ1v) is 7.14. The van der Waals surface area contributed by atoms with Crippen molar-refractivity contribution in [2.24, 2.45) is 5.73 Å². The number of carbonyl (C=O) groups is 2. The van der Waals surface area contributed by atoms with E-state index in [2.05, 4.69) is 0 Å². The van der Waals surface area contributed by atoms with Gasteiger partial charge in [-0.3, -0.25) is 15.0 Å². The van der Waals surface area contributed by atoms with Crippen LogP contribution in [0.25, 0.3) is 0 Å². The molecule has 1 aromatic rings. The molecule has 5 heteroatoms. The van der Waals surface area contributed by atoms with Crippen LogP contribution in [0.4, 0.5) is 0 Å².